The van der Waals surface area contributed by atoms with Gasteiger partial charge in [-0.05, 0) is 62.7 Å². The van der Waals surface area contributed by atoms with Gasteiger partial charge in [0.2, 0.25) is 5.91 Å². The molecule has 0 spiro atoms. The van der Waals surface area contributed by atoms with Gasteiger partial charge in [-0.1, -0.05) is 56.3 Å². The van der Waals surface area contributed by atoms with E-state index in [9.17, 15) is 44.4 Å². The van der Waals surface area contributed by atoms with Crippen molar-refractivity contribution in [1.29, 1.82) is 0 Å². The molecule has 58 heavy (non-hydrogen) atoms. The lowest BCUT2D eigenvalue weighted by molar-refractivity contribution is -0.347. The second-order valence-corrected chi connectivity index (χ2v) is 16.9. The number of carbonyl (C=O) groups is 5. The van der Waals surface area contributed by atoms with Crippen molar-refractivity contribution < 1.29 is 63.3 Å². The van der Waals surface area contributed by atoms with Crippen LogP contribution in [0.1, 0.15) is 104 Å². The number of ether oxygens (including phenoxy) is 4. The molecule has 14 heteroatoms. The lowest BCUT2D eigenvalue weighted by Crippen LogP contribution is -2.81. The molecule has 0 unspecified atom stereocenters. The van der Waals surface area contributed by atoms with Crippen molar-refractivity contribution in [2.45, 2.75) is 146 Å². The molecule has 2 saturated carbocycles. The van der Waals surface area contributed by atoms with Gasteiger partial charge in [0.05, 0.1) is 30.1 Å². The average molecular weight is 810 g/mol. The topological polar surface area (TPSA) is 215 Å². The first-order valence-electron chi connectivity index (χ1n) is 20.1. The second kappa shape index (κ2) is 17.6. The molecule has 318 valence electrons. The lowest BCUT2D eigenvalue weighted by Gasteiger charge is -2.67. The largest absolute Gasteiger partial charge is 0.459 e. The van der Waals surface area contributed by atoms with Gasteiger partial charge in [-0.2, -0.15) is 0 Å². The summed E-state index contributed by atoms with van der Waals surface area (Å²) in [5.41, 5.74) is -6.95. The molecule has 1 saturated heterocycles. The molecule has 1 heterocycles. The summed E-state index contributed by atoms with van der Waals surface area (Å²) in [4.78, 5) is 68.6. The van der Waals surface area contributed by atoms with Crippen molar-refractivity contribution >= 4 is 29.6 Å². The molecular formula is C44H59NO13. The molecule has 1 aliphatic heterocycles. The minimum atomic E-state index is -2.29. The molecule has 11 atom stereocenters. The Morgan fingerprint density at radius 1 is 1.00 bits per heavy atom. The zero-order valence-electron chi connectivity index (χ0n) is 34.1. The highest BCUT2D eigenvalue weighted by Crippen LogP contribution is 2.64. The van der Waals surface area contributed by atoms with Crippen LogP contribution < -0.4 is 5.32 Å². The predicted octanol–water partition coefficient (Wildman–Crippen LogP) is 3.64. The molecule has 4 aliphatic rings. The monoisotopic (exact) mass is 809 g/mol. The number of amides is 1. The third kappa shape index (κ3) is 7.93. The van der Waals surface area contributed by atoms with E-state index in [2.05, 4.69) is 18.5 Å². The fourth-order valence-corrected chi connectivity index (χ4v) is 9.78. The minimum Gasteiger partial charge on any atom is -0.459 e. The fraction of sp³-hybridized carbons (Fsp3) is 0.614. The normalized spacial score (nSPS) is 33.4. The van der Waals surface area contributed by atoms with Gasteiger partial charge in [-0.15, -0.1) is 13.2 Å². The van der Waals surface area contributed by atoms with Crippen LogP contribution in [0, 0.1) is 16.7 Å². The SMILES string of the molecule is C=CCCCCC(=O)N[C@@H](c1ccccc1)[C@@H](O)C(=O)O[C@H]1C[C@@]2(O)[C@@H](OC(=O)CCCC=C)[C@@H]3[C@]4(OC(C)=O)CO[C@@H]4C[C@H](O)[C@@]3(C)C(=O)[C@H](O)C(=C1C)C2(C)C. The Hall–Kier alpha value is -4.21. The smallest absolute Gasteiger partial charge is 0.338 e. The second-order valence-electron chi connectivity index (χ2n) is 16.9. The van der Waals surface area contributed by atoms with E-state index in [1.807, 2.05) is 0 Å². The third-order valence-corrected chi connectivity index (χ3v) is 13.1. The number of ketones is 1. The summed E-state index contributed by atoms with van der Waals surface area (Å²) in [6.07, 6.45) is -3.96. The van der Waals surface area contributed by atoms with E-state index in [1.165, 1.54) is 20.8 Å². The summed E-state index contributed by atoms with van der Waals surface area (Å²) in [6, 6.07) is 7.15. The predicted molar refractivity (Wildman–Crippen MR) is 209 cm³/mol. The molecule has 1 aromatic rings. The van der Waals surface area contributed by atoms with E-state index < -0.39 is 107 Å². The molecule has 14 nitrogen and oxygen atoms in total. The Morgan fingerprint density at radius 3 is 2.26 bits per heavy atom. The number of benzene rings is 1. The maximum Gasteiger partial charge on any atom is 0.338 e. The lowest BCUT2D eigenvalue weighted by atomic mass is 9.44. The van der Waals surface area contributed by atoms with Crippen LogP contribution in [0.3, 0.4) is 0 Å². The number of hydrogen-bond donors (Lipinski definition) is 5. The van der Waals surface area contributed by atoms with Gasteiger partial charge in [0.25, 0.3) is 0 Å². The number of carbonyl (C=O) groups excluding carboxylic acids is 5. The van der Waals surface area contributed by atoms with Gasteiger partial charge < -0.3 is 44.7 Å². The number of nitrogens with one attached hydrogen (secondary N) is 1. The Labute approximate surface area is 339 Å². The number of Topliss-reactive ketones (excluding diaryl/α,β-unsaturated/α-hetero) is 1. The standard InChI is InChI=1S/C44H59NO13/c1-8-10-12-17-20-31(48)45-34(27-18-15-13-16-19-27)36(51)40(53)56-28-23-44(54)39(57-32(49)21-14-11-9-2)37-42(7,38(52)35(50)33(25(28)3)41(44,5)6)29(47)22-30-43(37,24-55-30)58-26(4)46/h8-9,13,15-16,18-19,28-30,34-37,39,47,50-51,54H,1-2,10-12,14,17,20-24H2,3-7H3,(H,45,48)/t28-,29-,30+,34-,35+,36+,37-,39-,42+,43-,44+/m0/s1. The summed E-state index contributed by atoms with van der Waals surface area (Å²) in [5, 5.41) is 51.7. The van der Waals surface area contributed by atoms with E-state index in [1.54, 1.807) is 56.3 Å². The summed E-state index contributed by atoms with van der Waals surface area (Å²) in [6.45, 7) is 14.4. The highest BCUT2D eigenvalue weighted by Gasteiger charge is 2.78. The van der Waals surface area contributed by atoms with E-state index >= 15 is 0 Å². The minimum absolute atomic E-state index is 0.0286. The fourth-order valence-electron chi connectivity index (χ4n) is 9.78. The zero-order chi connectivity index (χ0) is 42.8. The van der Waals surface area contributed by atoms with Crippen molar-refractivity contribution in [2.24, 2.45) is 16.7 Å². The van der Waals surface area contributed by atoms with Crippen LogP contribution in [0.2, 0.25) is 0 Å². The number of aliphatic hydroxyl groups is 4. The summed E-state index contributed by atoms with van der Waals surface area (Å²) >= 11 is 0. The quantitative estimate of drug-likeness (QED) is 0.0699. The first-order valence-corrected chi connectivity index (χ1v) is 20.1. The first kappa shape index (κ1) is 44.9. The number of allylic oxidation sites excluding steroid dienone is 2. The van der Waals surface area contributed by atoms with E-state index in [4.69, 9.17) is 18.9 Å². The third-order valence-electron chi connectivity index (χ3n) is 13.1. The van der Waals surface area contributed by atoms with Crippen LogP contribution >= 0.6 is 0 Å². The van der Waals surface area contributed by atoms with Gasteiger partial charge in [0, 0.05) is 38.0 Å². The molecule has 0 radical (unpaired) electrons. The molecule has 1 amide bonds. The maximum atomic E-state index is 14.9. The Balaban J connectivity index is 1.61. The maximum absolute atomic E-state index is 14.9. The van der Waals surface area contributed by atoms with Crippen LogP contribution in [0.4, 0.5) is 0 Å². The molecule has 3 aliphatic carbocycles. The highest BCUT2D eigenvalue weighted by molar-refractivity contribution is 5.93. The van der Waals surface area contributed by atoms with Crippen molar-refractivity contribution in [1.82, 2.24) is 5.32 Å². The highest BCUT2D eigenvalue weighted by atomic mass is 16.6. The van der Waals surface area contributed by atoms with Gasteiger partial charge in [0.1, 0.15) is 30.0 Å². The molecule has 1 aromatic carbocycles. The van der Waals surface area contributed by atoms with Crippen LogP contribution in [-0.4, -0.2) is 104 Å². The van der Waals surface area contributed by atoms with Crippen LogP contribution in [0.5, 0.6) is 0 Å². The first-order chi connectivity index (χ1) is 27.3. The van der Waals surface area contributed by atoms with E-state index in [0.29, 0.717) is 24.8 Å². The molecular weight excluding hydrogens is 750 g/mol. The molecule has 0 aromatic heterocycles. The van der Waals surface area contributed by atoms with Crippen LogP contribution in [0.25, 0.3) is 0 Å². The Kier molecular flexibility index (Phi) is 13.6. The molecule has 3 fully saturated rings. The number of unbranched alkanes of at least 4 members (excludes halogenated alkanes) is 3. The summed E-state index contributed by atoms with van der Waals surface area (Å²) < 4.78 is 24.1. The van der Waals surface area contributed by atoms with Gasteiger partial charge in [0.15, 0.2) is 17.5 Å². The summed E-state index contributed by atoms with van der Waals surface area (Å²) in [7, 11) is 0. The van der Waals surface area contributed by atoms with Crippen molar-refractivity contribution in [2.75, 3.05) is 6.61 Å². The van der Waals surface area contributed by atoms with E-state index in [0.717, 1.165) is 12.8 Å². The van der Waals surface area contributed by atoms with Gasteiger partial charge in [-0.3, -0.25) is 19.2 Å². The number of esters is 3. The number of hydrogen-bond acceptors (Lipinski definition) is 13. The van der Waals surface area contributed by atoms with Crippen LogP contribution in [0.15, 0.2) is 66.8 Å². The van der Waals surface area contributed by atoms with Crippen molar-refractivity contribution in [3.8, 4) is 0 Å². The Bertz CT molecular complexity index is 1790. The zero-order valence-corrected chi connectivity index (χ0v) is 34.1. The molecule has 5 N–H and O–H groups in total. The van der Waals surface area contributed by atoms with Crippen molar-refractivity contribution in [3.63, 3.8) is 0 Å². The van der Waals surface area contributed by atoms with E-state index in [-0.39, 0.29) is 37.0 Å². The molecule has 2 bridgehead atoms. The number of aliphatic hydroxyl groups excluding tert-OH is 3. The summed E-state index contributed by atoms with van der Waals surface area (Å²) in [5.74, 6) is -5.44. The Morgan fingerprint density at radius 2 is 1.66 bits per heavy atom. The number of fused-ring (bicyclic) bond motifs is 5. The number of rotatable bonds is 16. The van der Waals surface area contributed by atoms with Gasteiger partial charge >= 0.3 is 17.9 Å². The average Bonchev–Trinajstić information content (AvgIpc) is 3.17. The molecule has 5 rings (SSSR count). The van der Waals surface area contributed by atoms with Crippen LogP contribution in [-0.2, 0) is 42.9 Å². The van der Waals surface area contributed by atoms with Crippen molar-refractivity contribution in [3.05, 3.63) is 72.4 Å². The van der Waals surface area contributed by atoms with Gasteiger partial charge in [-0.25, -0.2) is 4.79 Å².